The molecule has 0 bridgehead atoms. The highest BCUT2D eigenvalue weighted by molar-refractivity contribution is 7.80. The maximum absolute atomic E-state index is 4.84. The molecule has 4 nitrogen and oxygen atoms in total. The van der Waals surface area contributed by atoms with E-state index < -0.39 is 0 Å². The Hall–Kier alpha value is -1.36. The van der Waals surface area contributed by atoms with Crippen LogP contribution in [0.2, 0.25) is 0 Å². The van der Waals surface area contributed by atoms with Gasteiger partial charge >= 0.3 is 0 Å². The number of hydrazone groups is 1. The number of rotatable bonds is 2. The highest BCUT2D eigenvalue weighted by Gasteiger charge is 1.90. The lowest BCUT2D eigenvalue weighted by Crippen LogP contribution is -2.28. The first-order valence-corrected chi connectivity index (χ1v) is 4.27. The maximum atomic E-state index is 4.84. The normalized spacial score (nSPS) is 10.3. The Kier molecular flexibility index (Phi) is 3.45. The van der Waals surface area contributed by atoms with Crippen molar-refractivity contribution >= 4 is 23.5 Å². The van der Waals surface area contributed by atoms with Crippen molar-refractivity contribution in [2.24, 2.45) is 12.1 Å². The van der Waals surface area contributed by atoms with Gasteiger partial charge in [-0.3, -0.25) is 5.43 Å². The molecule has 0 saturated heterocycles. The molecule has 0 spiro atoms. The van der Waals surface area contributed by atoms with Crippen molar-refractivity contribution in [3.63, 3.8) is 0 Å². The topological polar surface area (TPSA) is 41.4 Å². The molecular weight excluding hydrogens is 184 g/mol. The standard InChI is InChI=1S/C8H12N4S/c1-9-8(13)11-10-6-7-4-3-5-12(7)2/h3-6H,1-2H3,(H2,9,11,13). The van der Waals surface area contributed by atoms with Crippen molar-refractivity contribution in [3.05, 3.63) is 24.0 Å². The molecule has 0 aliphatic heterocycles. The Morgan fingerprint density at radius 2 is 2.46 bits per heavy atom. The molecule has 0 saturated carbocycles. The highest BCUT2D eigenvalue weighted by Crippen LogP contribution is 1.94. The predicted molar refractivity (Wildman–Crippen MR) is 57.8 cm³/mol. The van der Waals surface area contributed by atoms with E-state index >= 15 is 0 Å². The van der Waals surface area contributed by atoms with Crippen LogP contribution in [-0.2, 0) is 7.05 Å². The summed E-state index contributed by atoms with van der Waals surface area (Å²) in [6, 6.07) is 3.92. The summed E-state index contributed by atoms with van der Waals surface area (Å²) in [5, 5.41) is 7.21. The van der Waals surface area contributed by atoms with Gasteiger partial charge in [-0.25, -0.2) is 0 Å². The fourth-order valence-electron chi connectivity index (χ4n) is 0.821. The molecule has 0 aliphatic carbocycles. The average Bonchev–Trinajstić information content (AvgIpc) is 2.52. The van der Waals surface area contributed by atoms with E-state index in [1.807, 2.05) is 29.9 Å². The quantitative estimate of drug-likeness (QED) is 0.410. The first-order valence-electron chi connectivity index (χ1n) is 3.86. The Morgan fingerprint density at radius 3 is 3.00 bits per heavy atom. The minimum atomic E-state index is 0.505. The van der Waals surface area contributed by atoms with Gasteiger partial charge in [0.15, 0.2) is 5.11 Å². The van der Waals surface area contributed by atoms with E-state index in [1.165, 1.54) is 0 Å². The Labute approximate surface area is 82.6 Å². The second-order valence-corrected chi connectivity index (χ2v) is 2.90. The van der Waals surface area contributed by atoms with Gasteiger partial charge in [0.1, 0.15) is 0 Å². The predicted octanol–water partition coefficient (Wildman–Crippen LogP) is 0.453. The van der Waals surface area contributed by atoms with Crippen LogP contribution in [0, 0.1) is 0 Å². The first-order chi connectivity index (χ1) is 6.24. The van der Waals surface area contributed by atoms with Crippen LogP contribution in [-0.4, -0.2) is 22.9 Å². The Morgan fingerprint density at radius 1 is 1.69 bits per heavy atom. The molecule has 2 N–H and O–H groups in total. The molecule has 0 aromatic carbocycles. The summed E-state index contributed by atoms with van der Waals surface area (Å²) in [7, 11) is 3.70. The van der Waals surface area contributed by atoms with Crippen molar-refractivity contribution in [1.82, 2.24) is 15.3 Å². The summed E-state index contributed by atoms with van der Waals surface area (Å²) in [5.74, 6) is 0. The molecule has 1 aromatic heterocycles. The lowest BCUT2D eigenvalue weighted by Gasteiger charge is -1.99. The fourth-order valence-corrected chi connectivity index (χ4v) is 0.874. The van der Waals surface area contributed by atoms with Crippen LogP contribution in [0.3, 0.4) is 0 Å². The molecule has 1 aromatic rings. The zero-order chi connectivity index (χ0) is 9.68. The molecule has 70 valence electrons. The van der Waals surface area contributed by atoms with Crippen LogP contribution in [0.4, 0.5) is 0 Å². The fraction of sp³-hybridized carbons (Fsp3) is 0.250. The first kappa shape index (κ1) is 9.73. The van der Waals surface area contributed by atoms with Gasteiger partial charge in [0, 0.05) is 20.3 Å². The van der Waals surface area contributed by atoms with Gasteiger partial charge in [0.05, 0.1) is 11.9 Å². The number of hydrogen-bond donors (Lipinski definition) is 2. The molecule has 1 heterocycles. The van der Waals surface area contributed by atoms with Crippen LogP contribution in [0.15, 0.2) is 23.4 Å². The van der Waals surface area contributed by atoms with Gasteiger partial charge in [-0.15, -0.1) is 0 Å². The smallest absolute Gasteiger partial charge is 0.186 e. The minimum absolute atomic E-state index is 0.505. The molecule has 0 radical (unpaired) electrons. The Balaban J connectivity index is 2.50. The van der Waals surface area contributed by atoms with E-state index in [0.29, 0.717) is 5.11 Å². The van der Waals surface area contributed by atoms with E-state index in [0.717, 1.165) is 5.69 Å². The van der Waals surface area contributed by atoms with Crippen molar-refractivity contribution in [2.45, 2.75) is 0 Å². The van der Waals surface area contributed by atoms with Crippen molar-refractivity contribution in [2.75, 3.05) is 7.05 Å². The van der Waals surface area contributed by atoms with Gasteiger partial charge in [-0.1, -0.05) is 0 Å². The van der Waals surface area contributed by atoms with Crippen molar-refractivity contribution in [3.8, 4) is 0 Å². The molecule has 0 aliphatic rings. The van der Waals surface area contributed by atoms with E-state index in [2.05, 4.69) is 15.8 Å². The van der Waals surface area contributed by atoms with Gasteiger partial charge in [-0.05, 0) is 24.4 Å². The number of nitrogens with zero attached hydrogens (tertiary/aromatic N) is 2. The third kappa shape index (κ3) is 2.87. The van der Waals surface area contributed by atoms with E-state index in [9.17, 15) is 0 Å². The van der Waals surface area contributed by atoms with E-state index in [-0.39, 0.29) is 0 Å². The molecule has 1 rings (SSSR count). The second kappa shape index (κ2) is 4.61. The van der Waals surface area contributed by atoms with Crippen LogP contribution < -0.4 is 10.7 Å². The monoisotopic (exact) mass is 196 g/mol. The van der Waals surface area contributed by atoms with Gasteiger partial charge < -0.3 is 9.88 Å². The minimum Gasteiger partial charge on any atom is -0.364 e. The SMILES string of the molecule is CNC(=S)NN=Cc1cccn1C. The summed E-state index contributed by atoms with van der Waals surface area (Å²) in [5.41, 5.74) is 3.69. The summed E-state index contributed by atoms with van der Waals surface area (Å²) < 4.78 is 1.97. The molecule has 5 heteroatoms. The third-order valence-corrected chi connectivity index (χ3v) is 1.87. The summed E-state index contributed by atoms with van der Waals surface area (Å²) in [6.07, 6.45) is 3.67. The molecule has 13 heavy (non-hydrogen) atoms. The van der Waals surface area contributed by atoms with Crippen LogP contribution >= 0.6 is 12.2 Å². The van der Waals surface area contributed by atoms with Crippen LogP contribution in [0.1, 0.15) is 5.69 Å². The highest BCUT2D eigenvalue weighted by atomic mass is 32.1. The van der Waals surface area contributed by atoms with E-state index in [4.69, 9.17) is 12.2 Å². The number of hydrogen-bond acceptors (Lipinski definition) is 2. The molecule has 0 unspecified atom stereocenters. The van der Waals surface area contributed by atoms with Crippen molar-refractivity contribution in [1.29, 1.82) is 0 Å². The summed E-state index contributed by atoms with van der Waals surface area (Å²) in [6.45, 7) is 0. The zero-order valence-corrected chi connectivity index (χ0v) is 8.43. The lowest BCUT2D eigenvalue weighted by atomic mass is 10.5. The Bertz CT molecular complexity index is 316. The van der Waals surface area contributed by atoms with Crippen LogP contribution in [0.25, 0.3) is 0 Å². The van der Waals surface area contributed by atoms with Gasteiger partial charge in [0.25, 0.3) is 0 Å². The maximum Gasteiger partial charge on any atom is 0.186 e. The molecular formula is C8H12N4S. The largest absolute Gasteiger partial charge is 0.364 e. The van der Waals surface area contributed by atoms with Gasteiger partial charge in [0.2, 0.25) is 0 Å². The lowest BCUT2D eigenvalue weighted by molar-refractivity contribution is 0.911. The summed E-state index contributed by atoms with van der Waals surface area (Å²) >= 11 is 4.84. The van der Waals surface area contributed by atoms with Gasteiger partial charge in [-0.2, -0.15) is 5.10 Å². The van der Waals surface area contributed by atoms with Crippen molar-refractivity contribution < 1.29 is 0 Å². The summed E-state index contributed by atoms with van der Waals surface area (Å²) in [4.78, 5) is 0. The molecule has 0 atom stereocenters. The number of aryl methyl sites for hydroxylation is 1. The number of nitrogens with one attached hydrogen (secondary N) is 2. The second-order valence-electron chi connectivity index (χ2n) is 2.49. The average molecular weight is 196 g/mol. The molecule has 0 fully saturated rings. The number of thiocarbonyl (C=S) groups is 1. The van der Waals surface area contributed by atoms with E-state index in [1.54, 1.807) is 13.3 Å². The zero-order valence-electron chi connectivity index (χ0n) is 7.61. The number of aromatic nitrogens is 1. The molecule has 0 amide bonds. The van der Waals surface area contributed by atoms with Crippen LogP contribution in [0.5, 0.6) is 0 Å². The third-order valence-electron chi connectivity index (χ3n) is 1.57.